The zero-order chi connectivity index (χ0) is 16.4. The predicted octanol–water partition coefficient (Wildman–Crippen LogP) is 2.03. The van der Waals surface area contributed by atoms with E-state index in [0.29, 0.717) is 23.4 Å². The number of aliphatic hydroxyl groups is 1. The molecule has 2 heterocycles. The first kappa shape index (κ1) is 16.9. The fraction of sp³-hybridized carbons (Fsp3) is 0.533. The van der Waals surface area contributed by atoms with Crippen LogP contribution in [0.3, 0.4) is 0 Å². The van der Waals surface area contributed by atoms with Crippen molar-refractivity contribution in [2.75, 3.05) is 6.54 Å². The third kappa shape index (κ3) is 4.06. The van der Waals surface area contributed by atoms with Gasteiger partial charge in [0.25, 0.3) is 0 Å². The molecule has 22 heavy (non-hydrogen) atoms. The number of fused-ring (bicyclic) bond motifs is 1. The molecule has 0 aliphatic heterocycles. The molecule has 3 N–H and O–H groups in total. The summed E-state index contributed by atoms with van der Waals surface area (Å²) < 4.78 is 27.3. The van der Waals surface area contributed by atoms with Gasteiger partial charge in [0.15, 0.2) is 0 Å². The Kier molecular flexibility index (Phi) is 4.89. The zero-order valence-electron chi connectivity index (χ0n) is 13.1. The molecule has 0 radical (unpaired) electrons. The summed E-state index contributed by atoms with van der Waals surface area (Å²) in [5.41, 5.74) is -0.545. The molecule has 0 bridgehead atoms. The molecule has 0 unspecified atom stereocenters. The molecule has 0 saturated carbocycles. The SMILES string of the molecule is CC(C)CC[C@](C)(O)CNS(=O)(=O)c1c[nH]c2ncccc12. The maximum Gasteiger partial charge on any atom is 0.242 e. The zero-order valence-corrected chi connectivity index (χ0v) is 13.9. The second-order valence-electron chi connectivity index (χ2n) is 6.31. The second-order valence-corrected chi connectivity index (χ2v) is 8.04. The summed E-state index contributed by atoms with van der Waals surface area (Å²) in [7, 11) is -3.70. The first-order valence-electron chi connectivity index (χ1n) is 7.35. The fourth-order valence-corrected chi connectivity index (χ4v) is 3.49. The van der Waals surface area contributed by atoms with Crippen LogP contribution in [-0.2, 0) is 10.0 Å². The molecule has 122 valence electrons. The Morgan fingerprint density at radius 2 is 2.18 bits per heavy atom. The number of H-pyrrole nitrogens is 1. The number of pyridine rings is 1. The molecule has 2 rings (SSSR count). The first-order chi connectivity index (χ1) is 10.2. The first-order valence-corrected chi connectivity index (χ1v) is 8.84. The van der Waals surface area contributed by atoms with Crippen molar-refractivity contribution >= 4 is 21.1 Å². The molecule has 0 amide bonds. The topological polar surface area (TPSA) is 95.1 Å². The summed E-state index contributed by atoms with van der Waals surface area (Å²) in [6.07, 6.45) is 4.40. The van der Waals surface area contributed by atoms with Crippen LogP contribution in [0, 0.1) is 5.92 Å². The van der Waals surface area contributed by atoms with Crippen LogP contribution >= 0.6 is 0 Å². The van der Waals surface area contributed by atoms with E-state index in [9.17, 15) is 13.5 Å². The third-order valence-electron chi connectivity index (χ3n) is 3.61. The van der Waals surface area contributed by atoms with E-state index in [2.05, 4.69) is 28.5 Å². The van der Waals surface area contributed by atoms with E-state index < -0.39 is 15.6 Å². The molecule has 2 aromatic rings. The molecule has 7 heteroatoms. The molecule has 0 fully saturated rings. The lowest BCUT2D eigenvalue weighted by Gasteiger charge is -2.24. The number of nitrogens with zero attached hydrogens (tertiary/aromatic N) is 1. The minimum Gasteiger partial charge on any atom is -0.389 e. The maximum absolute atomic E-state index is 12.4. The predicted molar refractivity (Wildman–Crippen MR) is 86.0 cm³/mol. The minimum absolute atomic E-state index is 0.0189. The van der Waals surface area contributed by atoms with Crippen molar-refractivity contribution < 1.29 is 13.5 Å². The van der Waals surface area contributed by atoms with Gasteiger partial charge in [-0.1, -0.05) is 13.8 Å². The molecule has 1 atom stereocenters. The van der Waals surface area contributed by atoms with Crippen LogP contribution in [0.25, 0.3) is 11.0 Å². The van der Waals surface area contributed by atoms with E-state index >= 15 is 0 Å². The molecule has 2 aromatic heterocycles. The molecule has 0 saturated heterocycles. The van der Waals surface area contributed by atoms with Gasteiger partial charge in [0.1, 0.15) is 10.5 Å². The van der Waals surface area contributed by atoms with E-state index in [0.717, 1.165) is 6.42 Å². The van der Waals surface area contributed by atoms with Gasteiger partial charge in [0, 0.05) is 24.3 Å². The van der Waals surface area contributed by atoms with E-state index in [4.69, 9.17) is 0 Å². The summed E-state index contributed by atoms with van der Waals surface area (Å²) in [6.45, 7) is 5.77. The van der Waals surface area contributed by atoms with Gasteiger partial charge in [0.05, 0.1) is 5.60 Å². The third-order valence-corrected chi connectivity index (χ3v) is 5.05. The highest BCUT2D eigenvalue weighted by atomic mass is 32.2. The van der Waals surface area contributed by atoms with Crippen LogP contribution in [0.1, 0.15) is 33.6 Å². The number of sulfonamides is 1. The molecular formula is C15H23N3O3S. The van der Waals surface area contributed by atoms with Crippen molar-refractivity contribution in [2.24, 2.45) is 5.92 Å². The van der Waals surface area contributed by atoms with Crippen LogP contribution in [0.2, 0.25) is 0 Å². The Balaban J connectivity index is 2.11. The normalized spacial score (nSPS) is 15.3. The largest absolute Gasteiger partial charge is 0.389 e. The second kappa shape index (κ2) is 6.36. The van der Waals surface area contributed by atoms with Gasteiger partial charge in [-0.2, -0.15) is 0 Å². The van der Waals surface area contributed by atoms with Crippen LogP contribution in [-0.4, -0.2) is 35.6 Å². The molecule has 0 aromatic carbocycles. The number of hydrogen-bond acceptors (Lipinski definition) is 4. The average molecular weight is 325 g/mol. The van der Waals surface area contributed by atoms with Crippen molar-refractivity contribution in [1.82, 2.24) is 14.7 Å². The molecule has 0 spiro atoms. The Labute approximate surface area is 131 Å². The Morgan fingerprint density at radius 3 is 2.86 bits per heavy atom. The van der Waals surface area contributed by atoms with Crippen LogP contribution in [0.4, 0.5) is 0 Å². The quantitative estimate of drug-likeness (QED) is 0.726. The lowest BCUT2D eigenvalue weighted by molar-refractivity contribution is 0.0506. The lowest BCUT2D eigenvalue weighted by atomic mass is 9.96. The summed E-state index contributed by atoms with van der Waals surface area (Å²) in [5, 5.41) is 10.8. The molecule has 0 aliphatic carbocycles. The van der Waals surface area contributed by atoms with Crippen molar-refractivity contribution in [2.45, 2.75) is 44.1 Å². The fourth-order valence-electron chi connectivity index (χ4n) is 2.17. The Hall–Kier alpha value is -1.44. The number of aromatic amines is 1. The van der Waals surface area contributed by atoms with Gasteiger partial charge in [-0.25, -0.2) is 18.1 Å². The number of nitrogens with one attached hydrogen (secondary N) is 2. The number of rotatable bonds is 7. The highest BCUT2D eigenvalue weighted by Crippen LogP contribution is 2.21. The van der Waals surface area contributed by atoms with Crippen molar-refractivity contribution in [3.63, 3.8) is 0 Å². The number of hydrogen-bond donors (Lipinski definition) is 3. The van der Waals surface area contributed by atoms with Crippen molar-refractivity contribution in [3.8, 4) is 0 Å². The van der Waals surface area contributed by atoms with Gasteiger partial charge in [-0.3, -0.25) is 0 Å². The van der Waals surface area contributed by atoms with Gasteiger partial charge in [0.2, 0.25) is 10.0 Å². The highest BCUT2D eigenvalue weighted by molar-refractivity contribution is 7.89. The van der Waals surface area contributed by atoms with Gasteiger partial charge >= 0.3 is 0 Å². The number of aromatic nitrogens is 2. The summed E-state index contributed by atoms with van der Waals surface area (Å²) >= 11 is 0. The van der Waals surface area contributed by atoms with Gasteiger partial charge in [-0.05, 0) is 37.8 Å². The standard InChI is InChI=1S/C15H23N3O3S/c1-11(2)6-7-15(3,19)10-18-22(20,21)13-9-17-14-12(13)5-4-8-16-14/h4-5,8-9,11,18-19H,6-7,10H2,1-3H3,(H,16,17)/t15-/m0/s1. The van der Waals surface area contributed by atoms with Crippen molar-refractivity contribution in [3.05, 3.63) is 24.5 Å². The summed E-state index contributed by atoms with van der Waals surface area (Å²) in [4.78, 5) is 7.06. The van der Waals surface area contributed by atoms with Crippen LogP contribution in [0.15, 0.2) is 29.4 Å². The molecule has 6 nitrogen and oxygen atoms in total. The Bertz CT molecular complexity index is 735. The van der Waals surface area contributed by atoms with E-state index in [1.54, 1.807) is 25.3 Å². The smallest absolute Gasteiger partial charge is 0.242 e. The Morgan fingerprint density at radius 1 is 1.45 bits per heavy atom. The monoisotopic (exact) mass is 325 g/mol. The van der Waals surface area contributed by atoms with Crippen LogP contribution < -0.4 is 4.72 Å². The van der Waals surface area contributed by atoms with E-state index in [-0.39, 0.29) is 11.4 Å². The minimum atomic E-state index is -3.70. The highest BCUT2D eigenvalue weighted by Gasteiger charge is 2.26. The van der Waals surface area contributed by atoms with Gasteiger partial charge < -0.3 is 10.1 Å². The van der Waals surface area contributed by atoms with Crippen LogP contribution in [0.5, 0.6) is 0 Å². The average Bonchev–Trinajstić information content (AvgIpc) is 2.88. The lowest BCUT2D eigenvalue weighted by Crippen LogP contribution is -2.40. The van der Waals surface area contributed by atoms with Crippen molar-refractivity contribution in [1.29, 1.82) is 0 Å². The van der Waals surface area contributed by atoms with Gasteiger partial charge in [-0.15, -0.1) is 0 Å². The summed E-state index contributed by atoms with van der Waals surface area (Å²) in [5.74, 6) is 0.461. The van der Waals surface area contributed by atoms with E-state index in [1.165, 1.54) is 6.20 Å². The maximum atomic E-state index is 12.4. The summed E-state index contributed by atoms with van der Waals surface area (Å²) in [6, 6.07) is 3.39. The molecular weight excluding hydrogens is 302 g/mol. The van der Waals surface area contributed by atoms with E-state index in [1.807, 2.05) is 0 Å². The molecule has 0 aliphatic rings.